The van der Waals surface area contributed by atoms with Crippen LogP contribution >= 0.6 is 0 Å². The molecule has 1 atom stereocenters. The summed E-state index contributed by atoms with van der Waals surface area (Å²) in [6, 6.07) is 16.0. The zero-order chi connectivity index (χ0) is 19.3. The van der Waals surface area contributed by atoms with E-state index in [-0.39, 0.29) is 11.4 Å². The Morgan fingerprint density at radius 2 is 1.63 bits per heavy atom. The van der Waals surface area contributed by atoms with Gasteiger partial charge in [-0.2, -0.15) is 0 Å². The minimum Gasteiger partial charge on any atom is -0.385 e. The van der Waals surface area contributed by atoms with Crippen LogP contribution in [-0.4, -0.2) is 45.8 Å². The Morgan fingerprint density at radius 1 is 1.00 bits per heavy atom. The van der Waals surface area contributed by atoms with Crippen molar-refractivity contribution in [3.63, 3.8) is 0 Å². The number of sulfonamides is 1. The van der Waals surface area contributed by atoms with Gasteiger partial charge >= 0.3 is 0 Å². The highest BCUT2D eigenvalue weighted by Gasteiger charge is 2.29. The second-order valence-corrected chi connectivity index (χ2v) is 9.14. The van der Waals surface area contributed by atoms with Crippen molar-refractivity contribution in [1.29, 1.82) is 0 Å². The molecule has 1 saturated heterocycles. The lowest BCUT2D eigenvalue weighted by atomic mass is 10.1. The second kappa shape index (κ2) is 8.87. The van der Waals surface area contributed by atoms with E-state index in [9.17, 15) is 13.5 Å². The van der Waals surface area contributed by atoms with E-state index < -0.39 is 16.1 Å². The summed E-state index contributed by atoms with van der Waals surface area (Å²) in [4.78, 5) is 1.64. The molecule has 0 radical (unpaired) electrons. The van der Waals surface area contributed by atoms with Gasteiger partial charge in [-0.05, 0) is 49.9 Å². The zero-order valence-electron chi connectivity index (χ0n) is 15.8. The number of para-hydroxylation sites is 1. The van der Waals surface area contributed by atoms with E-state index in [2.05, 4.69) is 0 Å². The van der Waals surface area contributed by atoms with E-state index >= 15 is 0 Å². The van der Waals surface area contributed by atoms with Gasteiger partial charge in [0.15, 0.2) is 0 Å². The summed E-state index contributed by atoms with van der Waals surface area (Å²) in [5.41, 5.74) is 1.28. The van der Waals surface area contributed by atoms with Gasteiger partial charge in [-0.15, -0.1) is 0 Å². The maximum Gasteiger partial charge on any atom is 0.264 e. The Balaban J connectivity index is 1.86. The molecule has 0 spiro atoms. The standard InChI is InChI=1S/C21H28N2O3S/c1-18-10-6-7-13-21(18)27(25,26)23(19-11-4-2-5-12-19)17-20(24)16-22-14-8-3-9-15-22/h2,4-7,10-13,20,24H,3,8-9,14-17H2,1H3/p+1/t20-/m0/s1. The molecular formula is C21H29N2O3S+. The number of hydrogen-bond donors (Lipinski definition) is 2. The number of hydrogen-bond acceptors (Lipinski definition) is 3. The minimum atomic E-state index is -3.76. The summed E-state index contributed by atoms with van der Waals surface area (Å²) >= 11 is 0. The van der Waals surface area contributed by atoms with Gasteiger partial charge in [0.1, 0.15) is 12.6 Å². The number of quaternary nitrogens is 1. The average Bonchev–Trinajstić information content (AvgIpc) is 2.67. The van der Waals surface area contributed by atoms with Crippen molar-refractivity contribution in [1.82, 2.24) is 0 Å². The SMILES string of the molecule is Cc1ccccc1S(=O)(=O)N(C[C@@H](O)C[NH+]1CCCCC1)c1ccccc1. The fourth-order valence-corrected chi connectivity index (χ4v) is 5.48. The van der Waals surface area contributed by atoms with E-state index in [1.54, 1.807) is 37.3 Å². The third-order valence-electron chi connectivity index (χ3n) is 5.17. The molecule has 1 fully saturated rings. The second-order valence-electron chi connectivity index (χ2n) is 7.31. The fraction of sp³-hybridized carbons (Fsp3) is 0.429. The molecule has 6 heteroatoms. The minimum absolute atomic E-state index is 0.0597. The van der Waals surface area contributed by atoms with Crippen molar-refractivity contribution in [3.8, 4) is 0 Å². The van der Waals surface area contributed by atoms with Crippen molar-refractivity contribution < 1.29 is 18.4 Å². The molecule has 0 amide bonds. The van der Waals surface area contributed by atoms with E-state index in [0.717, 1.165) is 13.1 Å². The predicted octanol–water partition coefficient (Wildman–Crippen LogP) is 1.62. The third kappa shape index (κ3) is 4.89. The quantitative estimate of drug-likeness (QED) is 0.757. The molecule has 1 aliphatic rings. The number of rotatable bonds is 7. The van der Waals surface area contributed by atoms with E-state index in [0.29, 0.717) is 17.8 Å². The van der Waals surface area contributed by atoms with Gasteiger partial charge in [0.05, 0.1) is 30.2 Å². The smallest absolute Gasteiger partial charge is 0.264 e. The van der Waals surface area contributed by atoms with Crippen LogP contribution in [-0.2, 0) is 10.0 Å². The van der Waals surface area contributed by atoms with Crippen LogP contribution in [0.2, 0.25) is 0 Å². The maximum atomic E-state index is 13.4. The molecule has 3 rings (SSSR count). The van der Waals surface area contributed by atoms with Crippen molar-refractivity contribution >= 4 is 15.7 Å². The fourth-order valence-electron chi connectivity index (χ4n) is 3.75. The van der Waals surface area contributed by atoms with Crippen LogP contribution in [0.25, 0.3) is 0 Å². The molecule has 2 aromatic rings. The number of aliphatic hydroxyl groups excluding tert-OH is 1. The average molecular weight is 390 g/mol. The monoisotopic (exact) mass is 389 g/mol. The van der Waals surface area contributed by atoms with Crippen LogP contribution in [0.5, 0.6) is 0 Å². The maximum absolute atomic E-state index is 13.4. The highest BCUT2D eigenvalue weighted by atomic mass is 32.2. The zero-order valence-corrected chi connectivity index (χ0v) is 16.7. The first kappa shape index (κ1) is 19.9. The Kier molecular flexibility index (Phi) is 6.52. The van der Waals surface area contributed by atoms with E-state index in [1.165, 1.54) is 28.5 Å². The molecule has 1 heterocycles. The normalized spacial score (nSPS) is 16.8. The Bertz CT molecular complexity index is 834. The largest absolute Gasteiger partial charge is 0.385 e. The summed E-state index contributed by atoms with van der Waals surface area (Å²) in [7, 11) is -3.76. The van der Waals surface area contributed by atoms with Crippen LogP contribution in [0.4, 0.5) is 5.69 Å². The number of likely N-dealkylation sites (tertiary alicyclic amines) is 1. The molecule has 0 saturated carbocycles. The lowest BCUT2D eigenvalue weighted by Gasteiger charge is -2.30. The molecule has 0 bridgehead atoms. The Hall–Kier alpha value is -1.89. The van der Waals surface area contributed by atoms with Crippen molar-refractivity contribution in [3.05, 3.63) is 60.2 Å². The van der Waals surface area contributed by atoms with Gasteiger partial charge in [0.2, 0.25) is 0 Å². The van der Waals surface area contributed by atoms with Crippen molar-refractivity contribution in [2.75, 3.05) is 30.5 Å². The van der Waals surface area contributed by atoms with Crippen LogP contribution in [0.1, 0.15) is 24.8 Å². The first-order valence-corrected chi connectivity index (χ1v) is 11.1. The van der Waals surface area contributed by atoms with Crippen molar-refractivity contribution in [2.45, 2.75) is 37.2 Å². The molecule has 5 nitrogen and oxygen atoms in total. The van der Waals surface area contributed by atoms with Crippen LogP contribution < -0.4 is 9.21 Å². The molecule has 0 aromatic heterocycles. The molecule has 27 heavy (non-hydrogen) atoms. The molecule has 0 unspecified atom stereocenters. The number of anilines is 1. The lowest BCUT2D eigenvalue weighted by molar-refractivity contribution is -0.907. The van der Waals surface area contributed by atoms with Crippen LogP contribution in [0.3, 0.4) is 0 Å². The third-order valence-corrected chi connectivity index (χ3v) is 7.12. The van der Waals surface area contributed by atoms with Crippen LogP contribution in [0.15, 0.2) is 59.5 Å². The highest BCUT2D eigenvalue weighted by Crippen LogP contribution is 2.25. The number of aryl methyl sites for hydroxylation is 1. The van der Waals surface area contributed by atoms with E-state index in [1.807, 2.05) is 24.3 Å². The first-order chi connectivity index (χ1) is 13.0. The number of benzene rings is 2. The highest BCUT2D eigenvalue weighted by molar-refractivity contribution is 7.92. The summed E-state index contributed by atoms with van der Waals surface area (Å²) in [5.74, 6) is 0. The van der Waals surface area contributed by atoms with Gasteiger partial charge in [-0.3, -0.25) is 4.31 Å². The number of piperidine rings is 1. The summed E-state index contributed by atoms with van der Waals surface area (Å²) in [6.45, 7) is 4.53. The molecule has 0 aliphatic carbocycles. The van der Waals surface area contributed by atoms with E-state index in [4.69, 9.17) is 0 Å². The number of aliphatic hydroxyl groups is 1. The molecular weight excluding hydrogens is 360 g/mol. The Morgan fingerprint density at radius 3 is 2.30 bits per heavy atom. The molecule has 146 valence electrons. The molecule has 2 N–H and O–H groups in total. The number of nitrogens with one attached hydrogen (secondary N) is 1. The van der Waals surface area contributed by atoms with Gasteiger partial charge in [0.25, 0.3) is 10.0 Å². The summed E-state index contributed by atoms with van der Waals surface area (Å²) < 4.78 is 28.1. The summed E-state index contributed by atoms with van der Waals surface area (Å²) in [5, 5.41) is 10.7. The summed E-state index contributed by atoms with van der Waals surface area (Å²) in [6.07, 6.45) is 2.88. The van der Waals surface area contributed by atoms with Gasteiger partial charge in [0, 0.05) is 0 Å². The van der Waals surface area contributed by atoms with Gasteiger partial charge < -0.3 is 10.0 Å². The molecule has 2 aromatic carbocycles. The Labute approximate surface area is 162 Å². The molecule has 1 aliphatic heterocycles. The van der Waals surface area contributed by atoms with Gasteiger partial charge in [-0.25, -0.2) is 8.42 Å². The predicted molar refractivity (Wildman–Crippen MR) is 108 cm³/mol. The van der Waals surface area contributed by atoms with Gasteiger partial charge in [-0.1, -0.05) is 36.4 Å². The topological polar surface area (TPSA) is 62.0 Å². The number of nitrogens with zero attached hydrogens (tertiary/aromatic N) is 1. The van der Waals surface area contributed by atoms with Crippen molar-refractivity contribution in [2.24, 2.45) is 0 Å². The first-order valence-electron chi connectivity index (χ1n) is 9.63. The van der Waals surface area contributed by atoms with Crippen LogP contribution in [0, 0.1) is 6.92 Å². The lowest BCUT2D eigenvalue weighted by Crippen LogP contribution is -3.14.